The van der Waals surface area contributed by atoms with Crippen molar-refractivity contribution in [2.45, 2.75) is 23.9 Å². The number of carbonyl (C=O) groups is 1. The van der Waals surface area contributed by atoms with E-state index in [4.69, 9.17) is 0 Å². The van der Waals surface area contributed by atoms with Crippen molar-refractivity contribution >= 4 is 17.7 Å². The van der Waals surface area contributed by atoms with Crippen molar-refractivity contribution in [3.63, 3.8) is 0 Å². The zero-order valence-corrected chi connectivity index (χ0v) is 14.3. The molecule has 0 saturated carbocycles. The molecule has 3 nitrogen and oxygen atoms in total. The standard InChI is InChI=1S/C19H21FN2OS/c20-17-8-4-5-9-18(17)24-14-19(23)21-16-10-11-22(13-16)12-15-6-2-1-3-7-15/h1-9,16H,10-14H2,(H,21,23). The Kier molecular flexibility index (Phi) is 5.88. The van der Waals surface area contributed by atoms with Crippen molar-refractivity contribution in [1.29, 1.82) is 0 Å². The van der Waals surface area contributed by atoms with Crippen molar-refractivity contribution in [3.05, 3.63) is 66.0 Å². The zero-order chi connectivity index (χ0) is 16.8. The van der Waals surface area contributed by atoms with Gasteiger partial charge in [0.2, 0.25) is 5.91 Å². The molecule has 0 radical (unpaired) electrons. The lowest BCUT2D eigenvalue weighted by Crippen LogP contribution is -2.38. The van der Waals surface area contributed by atoms with E-state index in [0.717, 1.165) is 26.1 Å². The van der Waals surface area contributed by atoms with E-state index in [1.165, 1.54) is 23.4 Å². The van der Waals surface area contributed by atoms with Crippen LogP contribution < -0.4 is 5.32 Å². The lowest BCUT2D eigenvalue weighted by molar-refractivity contribution is -0.119. The minimum Gasteiger partial charge on any atom is -0.351 e. The van der Waals surface area contributed by atoms with E-state index in [-0.39, 0.29) is 23.5 Å². The first-order valence-corrected chi connectivity index (χ1v) is 9.12. The van der Waals surface area contributed by atoms with Crippen molar-refractivity contribution in [1.82, 2.24) is 10.2 Å². The first-order chi connectivity index (χ1) is 11.7. The second kappa shape index (κ2) is 8.31. The summed E-state index contributed by atoms with van der Waals surface area (Å²) in [5, 5.41) is 3.06. The maximum Gasteiger partial charge on any atom is 0.230 e. The lowest BCUT2D eigenvalue weighted by atomic mass is 10.2. The maximum atomic E-state index is 13.5. The Balaban J connectivity index is 1.42. The van der Waals surface area contributed by atoms with E-state index in [9.17, 15) is 9.18 Å². The van der Waals surface area contributed by atoms with Gasteiger partial charge in [-0.3, -0.25) is 9.69 Å². The quantitative estimate of drug-likeness (QED) is 0.816. The second-order valence-electron chi connectivity index (χ2n) is 5.99. The summed E-state index contributed by atoms with van der Waals surface area (Å²) in [7, 11) is 0. The van der Waals surface area contributed by atoms with Crippen LogP contribution in [0.2, 0.25) is 0 Å². The molecule has 1 amide bonds. The number of benzene rings is 2. The van der Waals surface area contributed by atoms with Gasteiger partial charge in [-0.15, -0.1) is 11.8 Å². The summed E-state index contributed by atoms with van der Waals surface area (Å²) in [4.78, 5) is 14.9. The Morgan fingerprint density at radius 3 is 2.71 bits per heavy atom. The molecule has 2 aromatic carbocycles. The highest BCUT2D eigenvalue weighted by Gasteiger charge is 2.23. The van der Waals surface area contributed by atoms with E-state index in [1.807, 2.05) is 18.2 Å². The molecule has 126 valence electrons. The van der Waals surface area contributed by atoms with Gasteiger partial charge in [0.15, 0.2) is 0 Å². The summed E-state index contributed by atoms with van der Waals surface area (Å²) in [6.07, 6.45) is 0.961. The number of likely N-dealkylation sites (tertiary alicyclic amines) is 1. The first-order valence-electron chi connectivity index (χ1n) is 8.13. The van der Waals surface area contributed by atoms with Gasteiger partial charge >= 0.3 is 0 Å². The van der Waals surface area contributed by atoms with E-state index in [1.54, 1.807) is 18.2 Å². The fourth-order valence-corrected chi connectivity index (χ4v) is 3.66. The molecule has 1 N–H and O–H groups in total. The molecule has 1 atom stereocenters. The summed E-state index contributed by atoms with van der Waals surface area (Å²) in [6.45, 7) is 2.77. The molecule has 0 bridgehead atoms. The van der Waals surface area contributed by atoms with Gasteiger partial charge in [0.25, 0.3) is 0 Å². The van der Waals surface area contributed by atoms with Crippen molar-refractivity contribution < 1.29 is 9.18 Å². The topological polar surface area (TPSA) is 32.3 Å². The average molecular weight is 344 g/mol. The Morgan fingerprint density at radius 2 is 1.92 bits per heavy atom. The highest BCUT2D eigenvalue weighted by molar-refractivity contribution is 8.00. The van der Waals surface area contributed by atoms with Gasteiger partial charge in [-0.2, -0.15) is 0 Å². The molecular formula is C19H21FN2OS. The van der Waals surface area contributed by atoms with Crippen LogP contribution in [0.1, 0.15) is 12.0 Å². The molecule has 0 aromatic heterocycles. The Labute approximate surface area is 146 Å². The smallest absolute Gasteiger partial charge is 0.230 e. The third-order valence-electron chi connectivity index (χ3n) is 4.08. The lowest BCUT2D eigenvalue weighted by Gasteiger charge is -2.16. The molecule has 1 unspecified atom stereocenters. The van der Waals surface area contributed by atoms with E-state index < -0.39 is 0 Å². The van der Waals surface area contributed by atoms with Crippen molar-refractivity contribution in [3.8, 4) is 0 Å². The van der Waals surface area contributed by atoms with E-state index in [2.05, 4.69) is 22.3 Å². The maximum absolute atomic E-state index is 13.5. The molecular weight excluding hydrogens is 323 g/mol. The number of rotatable bonds is 6. The average Bonchev–Trinajstić information content (AvgIpc) is 3.02. The number of carbonyl (C=O) groups excluding carboxylic acids is 1. The van der Waals surface area contributed by atoms with Crippen LogP contribution in [0.4, 0.5) is 4.39 Å². The third kappa shape index (κ3) is 4.82. The van der Waals surface area contributed by atoms with Crippen LogP contribution in [-0.2, 0) is 11.3 Å². The number of hydrogen-bond donors (Lipinski definition) is 1. The van der Waals surface area contributed by atoms with Crippen LogP contribution in [0.3, 0.4) is 0 Å². The highest BCUT2D eigenvalue weighted by Crippen LogP contribution is 2.21. The summed E-state index contributed by atoms with van der Waals surface area (Å²) in [5.41, 5.74) is 1.29. The minimum atomic E-state index is -0.273. The fraction of sp³-hybridized carbons (Fsp3) is 0.316. The van der Waals surface area contributed by atoms with Crippen LogP contribution in [0.25, 0.3) is 0 Å². The minimum absolute atomic E-state index is 0.0326. The number of nitrogens with zero attached hydrogens (tertiary/aromatic N) is 1. The molecule has 0 aliphatic carbocycles. The van der Waals surface area contributed by atoms with Gasteiger partial charge in [-0.1, -0.05) is 42.5 Å². The molecule has 1 aliphatic rings. The number of hydrogen-bond acceptors (Lipinski definition) is 3. The second-order valence-corrected chi connectivity index (χ2v) is 7.01. The van der Waals surface area contributed by atoms with Crippen LogP contribution in [0, 0.1) is 5.82 Å². The van der Waals surface area contributed by atoms with Crippen LogP contribution in [0.5, 0.6) is 0 Å². The monoisotopic (exact) mass is 344 g/mol. The van der Waals surface area contributed by atoms with Gasteiger partial charge < -0.3 is 5.32 Å². The molecule has 5 heteroatoms. The van der Waals surface area contributed by atoms with Crippen LogP contribution in [-0.4, -0.2) is 35.7 Å². The molecule has 1 fully saturated rings. The van der Waals surface area contributed by atoms with Crippen molar-refractivity contribution in [2.24, 2.45) is 0 Å². The molecule has 24 heavy (non-hydrogen) atoms. The Morgan fingerprint density at radius 1 is 1.17 bits per heavy atom. The fourth-order valence-electron chi connectivity index (χ4n) is 2.91. The Bertz CT molecular complexity index is 680. The number of halogens is 1. The van der Waals surface area contributed by atoms with E-state index >= 15 is 0 Å². The zero-order valence-electron chi connectivity index (χ0n) is 13.5. The number of amides is 1. The summed E-state index contributed by atoms with van der Waals surface area (Å²) in [5.74, 6) is -0.0594. The molecule has 0 spiro atoms. The summed E-state index contributed by atoms with van der Waals surface area (Å²) < 4.78 is 13.5. The Hall–Kier alpha value is -1.85. The van der Waals surface area contributed by atoms with Crippen LogP contribution in [0.15, 0.2) is 59.5 Å². The summed E-state index contributed by atoms with van der Waals surface area (Å²) in [6, 6.07) is 17.1. The highest BCUT2D eigenvalue weighted by atomic mass is 32.2. The molecule has 1 saturated heterocycles. The molecule has 1 heterocycles. The van der Waals surface area contributed by atoms with Crippen molar-refractivity contribution in [2.75, 3.05) is 18.8 Å². The number of thioether (sulfide) groups is 1. The molecule has 2 aromatic rings. The van der Waals surface area contributed by atoms with Gasteiger partial charge in [-0.25, -0.2) is 4.39 Å². The predicted octanol–water partition coefficient (Wildman–Crippen LogP) is 3.31. The van der Waals surface area contributed by atoms with E-state index in [0.29, 0.717) is 4.90 Å². The molecule has 1 aliphatic heterocycles. The first kappa shape index (κ1) is 17.0. The predicted molar refractivity (Wildman–Crippen MR) is 95.4 cm³/mol. The van der Waals surface area contributed by atoms with Gasteiger partial charge in [-0.05, 0) is 24.1 Å². The van der Waals surface area contributed by atoms with Gasteiger partial charge in [0, 0.05) is 30.6 Å². The largest absolute Gasteiger partial charge is 0.351 e. The normalized spacial score (nSPS) is 17.8. The third-order valence-corrected chi connectivity index (χ3v) is 5.13. The van der Waals surface area contributed by atoms with Gasteiger partial charge in [0.1, 0.15) is 5.82 Å². The summed E-state index contributed by atoms with van der Waals surface area (Å²) >= 11 is 1.24. The SMILES string of the molecule is O=C(CSc1ccccc1F)NC1CCN(Cc2ccccc2)C1. The molecule has 3 rings (SSSR count). The van der Waals surface area contributed by atoms with Crippen LogP contribution >= 0.6 is 11.8 Å². The van der Waals surface area contributed by atoms with Gasteiger partial charge in [0.05, 0.1) is 5.75 Å². The number of nitrogens with one attached hydrogen (secondary N) is 1.